The quantitative estimate of drug-likeness (QED) is 0.747. The van der Waals surface area contributed by atoms with Crippen LogP contribution in [0.3, 0.4) is 0 Å². The second kappa shape index (κ2) is 5.23. The molecule has 0 aromatic carbocycles. The molecule has 0 unspecified atom stereocenters. The summed E-state index contributed by atoms with van der Waals surface area (Å²) in [6.45, 7) is 1.41. The molecule has 3 rings (SSSR count). The Morgan fingerprint density at radius 1 is 1.10 bits per heavy atom. The average molecular weight is 304 g/mol. The summed E-state index contributed by atoms with van der Waals surface area (Å²) in [5.41, 5.74) is -0.300. The van der Waals surface area contributed by atoms with Gasteiger partial charge < -0.3 is 9.47 Å². The van der Waals surface area contributed by atoms with Gasteiger partial charge in [-0.1, -0.05) is 19.3 Å². The molecule has 1 spiro atoms. The van der Waals surface area contributed by atoms with Crippen molar-refractivity contribution in [3.8, 4) is 0 Å². The summed E-state index contributed by atoms with van der Waals surface area (Å²) >= 11 is 0. The molecule has 116 valence electrons. The highest BCUT2D eigenvalue weighted by Crippen LogP contribution is 2.58. The van der Waals surface area contributed by atoms with Crippen molar-refractivity contribution >= 4 is 10.1 Å². The fourth-order valence-corrected chi connectivity index (χ4v) is 4.85. The van der Waals surface area contributed by atoms with E-state index in [-0.39, 0.29) is 12.0 Å². The van der Waals surface area contributed by atoms with E-state index in [0.717, 1.165) is 44.8 Å². The van der Waals surface area contributed by atoms with Crippen LogP contribution in [0.4, 0.5) is 0 Å². The summed E-state index contributed by atoms with van der Waals surface area (Å²) in [5, 5.41) is 0. The molecule has 2 saturated carbocycles. The fraction of sp³-hybridized carbons (Fsp3) is 1.00. The van der Waals surface area contributed by atoms with Crippen LogP contribution in [0, 0.1) is 11.3 Å². The molecule has 3 aliphatic rings. The van der Waals surface area contributed by atoms with Gasteiger partial charge in [0.25, 0.3) is 10.1 Å². The molecule has 0 amide bonds. The van der Waals surface area contributed by atoms with Crippen molar-refractivity contribution in [3.63, 3.8) is 0 Å². The first-order valence-electron chi connectivity index (χ1n) is 7.60. The summed E-state index contributed by atoms with van der Waals surface area (Å²) in [7, 11) is -3.43. The molecule has 1 aliphatic heterocycles. The number of hydrogen-bond donors (Lipinski definition) is 0. The van der Waals surface area contributed by atoms with Crippen LogP contribution in [0.2, 0.25) is 0 Å². The van der Waals surface area contributed by atoms with Crippen LogP contribution >= 0.6 is 0 Å². The minimum atomic E-state index is -3.43. The molecule has 3 fully saturated rings. The third-order valence-electron chi connectivity index (χ3n) is 5.21. The maximum absolute atomic E-state index is 11.4. The molecule has 2 aliphatic carbocycles. The third kappa shape index (κ3) is 2.40. The lowest BCUT2D eigenvalue weighted by Crippen LogP contribution is -2.58. The second-order valence-electron chi connectivity index (χ2n) is 6.45. The van der Waals surface area contributed by atoms with E-state index in [2.05, 4.69) is 0 Å². The van der Waals surface area contributed by atoms with E-state index in [9.17, 15) is 8.42 Å². The number of rotatable bonds is 3. The van der Waals surface area contributed by atoms with Crippen LogP contribution < -0.4 is 0 Å². The van der Waals surface area contributed by atoms with Gasteiger partial charge >= 0.3 is 0 Å². The Morgan fingerprint density at radius 3 is 2.45 bits per heavy atom. The zero-order chi connectivity index (χ0) is 14.3. The van der Waals surface area contributed by atoms with E-state index in [1.54, 1.807) is 0 Å². The molecule has 0 radical (unpaired) electrons. The Kier molecular flexibility index (Phi) is 3.86. The van der Waals surface area contributed by atoms with Crippen molar-refractivity contribution < 1.29 is 22.1 Å². The molecular weight excluding hydrogens is 280 g/mol. The smallest absolute Gasteiger partial charge is 0.264 e. The first-order valence-corrected chi connectivity index (χ1v) is 9.41. The van der Waals surface area contributed by atoms with Crippen LogP contribution in [0.1, 0.15) is 44.9 Å². The molecule has 0 N–H and O–H groups in total. The van der Waals surface area contributed by atoms with Crippen LogP contribution in [0.25, 0.3) is 0 Å². The summed E-state index contributed by atoms with van der Waals surface area (Å²) in [6, 6.07) is 0. The summed E-state index contributed by atoms with van der Waals surface area (Å²) < 4.78 is 40.2. The predicted octanol–water partition coefficient (Wildman–Crippen LogP) is 2.07. The van der Waals surface area contributed by atoms with Crippen molar-refractivity contribution in [2.45, 2.75) is 50.7 Å². The molecule has 0 aromatic heterocycles. The van der Waals surface area contributed by atoms with Gasteiger partial charge in [-0.2, -0.15) is 8.42 Å². The van der Waals surface area contributed by atoms with Crippen molar-refractivity contribution in [2.24, 2.45) is 11.3 Å². The van der Waals surface area contributed by atoms with E-state index in [4.69, 9.17) is 13.7 Å². The van der Waals surface area contributed by atoms with Gasteiger partial charge in [-0.25, -0.2) is 0 Å². The molecule has 6 heteroatoms. The summed E-state index contributed by atoms with van der Waals surface area (Å²) in [4.78, 5) is 0. The summed E-state index contributed by atoms with van der Waals surface area (Å²) in [6.07, 6.45) is 8.56. The Labute approximate surface area is 121 Å². The number of hydrogen-bond acceptors (Lipinski definition) is 5. The first kappa shape index (κ1) is 14.8. The highest BCUT2D eigenvalue weighted by molar-refractivity contribution is 7.85. The molecule has 1 heterocycles. The van der Waals surface area contributed by atoms with Gasteiger partial charge in [-0.05, 0) is 25.7 Å². The van der Waals surface area contributed by atoms with E-state index in [1.165, 1.54) is 6.42 Å². The van der Waals surface area contributed by atoms with Crippen molar-refractivity contribution in [1.82, 2.24) is 0 Å². The lowest BCUT2D eigenvalue weighted by Gasteiger charge is -2.52. The molecule has 2 bridgehead atoms. The average Bonchev–Trinajstić information content (AvgIpc) is 2.83. The predicted molar refractivity (Wildman–Crippen MR) is 73.7 cm³/mol. The Morgan fingerprint density at radius 2 is 1.75 bits per heavy atom. The second-order valence-corrected chi connectivity index (χ2v) is 8.09. The minimum absolute atomic E-state index is 0.197. The normalized spacial score (nSPS) is 37.0. The van der Waals surface area contributed by atoms with Gasteiger partial charge in [0, 0.05) is 11.3 Å². The van der Waals surface area contributed by atoms with Crippen LogP contribution in [-0.4, -0.2) is 40.3 Å². The minimum Gasteiger partial charge on any atom is -0.347 e. The van der Waals surface area contributed by atoms with Crippen LogP contribution in [0.5, 0.6) is 0 Å². The van der Waals surface area contributed by atoms with Crippen molar-refractivity contribution in [3.05, 3.63) is 0 Å². The first-order chi connectivity index (χ1) is 9.48. The van der Waals surface area contributed by atoms with Crippen molar-refractivity contribution in [1.29, 1.82) is 0 Å². The Balaban J connectivity index is 1.93. The van der Waals surface area contributed by atoms with E-state index in [1.807, 2.05) is 0 Å². The number of ether oxygens (including phenoxy) is 2. The highest BCUT2D eigenvalue weighted by Gasteiger charge is 2.62. The maximum Gasteiger partial charge on any atom is 0.264 e. The van der Waals surface area contributed by atoms with Gasteiger partial charge in [-0.15, -0.1) is 0 Å². The Hall–Kier alpha value is -0.170. The molecule has 5 nitrogen and oxygen atoms in total. The highest BCUT2D eigenvalue weighted by atomic mass is 32.2. The van der Waals surface area contributed by atoms with E-state index >= 15 is 0 Å². The topological polar surface area (TPSA) is 61.8 Å². The molecule has 2 atom stereocenters. The maximum atomic E-state index is 11.4. The third-order valence-corrected chi connectivity index (χ3v) is 5.75. The lowest BCUT2D eigenvalue weighted by molar-refractivity contribution is -0.291. The standard InChI is InChI=1S/C14H24O5S/c1-20(15,16)19-11-13-7-3-2-5-12(6-4-8-13)14(13)17-9-10-18-14/h12H,2-11H2,1H3/t12-,13+/m0/s1. The largest absolute Gasteiger partial charge is 0.347 e. The fourth-order valence-electron chi connectivity index (χ4n) is 4.41. The van der Waals surface area contributed by atoms with Gasteiger partial charge in [0.15, 0.2) is 5.79 Å². The van der Waals surface area contributed by atoms with E-state index < -0.39 is 15.9 Å². The monoisotopic (exact) mass is 304 g/mol. The van der Waals surface area contributed by atoms with Crippen molar-refractivity contribution in [2.75, 3.05) is 26.1 Å². The lowest BCUT2D eigenvalue weighted by atomic mass is 9.63. The summed E-state index contributed by atoms with van der Waals surface area (Å²) in [5.74, 6) is -0.226. The van der Waals surface area contributed by atoms with Gasteiger partial charge in [0.1, 0.15) is 0 Å². The Bertz CT molecular complexity index is 454. The zero-order valence-corrected chi connectivity index (χ0v) is 12.9. The van der Waals surface area contributed by atoms with Gasteiger partial charge in [0.2, 0.25) is 0 Å². The molecular formula is C14H24O5S. The van der Waals surface area contributed by atoms with Crippen LogP contribution in [0.15, 0.2) is 0 Å². The van der Waals surface area contributed by atoms with E-state index in [0.29, 0.717) is 19.1 Å². The van der Waals surface area contributed by atoms with Crippen LogP contribution in [-0.2, 0) is 23.8 Å². The molecule has 20 heavy (non-hydrogen) atoms. The zero-order valence-electron chi connectivity index (χ0n) is 12.1. The SMILES string of the molecule is CS(=O)(=O)OC[C@@]12CCCC[C@@H](CCC1)C21OCCO1. The molecule has 1 saturated heterocycles. The van der Waals surface area contributed by atoms with Gasteiger partial charge in [0.05, 0.1) is 26.1 Å². The van der Waals surface area contributed by atoms with Gasteiger partial charge in [-0.3, -0.25) is 4.18 Å². The molecule has 0 aromatic rings.